The van der Waals surface area contributed by atoms with Crippen LogP contribution in [0.1, 0.15) is 27.0 Å². The van der Waals surface area contributed by atoms with Crippen molar-refractivity contribution >= 4 is 35.1 Å². The smallest absolute Gasteiger partial charge is 0.231 e. The fourth-order valence-electron chi connectivity index (χ4n) is 4.10. The molecule has 0 aromatic heterocycles. The van der Waals surface area contributed by atoms with Gasteiger partial charge in [0.25, 0.3) is 0 Å². The molecule has 2 aliphatic heterocycles. The topological polar surface area (TPSA) is 57.2 Å². The largest absolute Gasteiger partial charge is 0.493 e. The van der Waals surface area contributed by atoms with Crippen molar-refractivity contribution in [3.05, 3.63) is 86.6 Å². The molecule has 0 atom stereocenters. The lowest BCUT2D eigenvalue weighted by molar-refractivity contribution is 0.0872. The summed E-state index contributed by atoms with van der Waals surface area (Å²) in [5.74, 6) is 2.65. The van der Waals surface area contributed by atoms with E-state index in [1.807, 2.05) is 24.3 Å². The number of halogens is 2. The molecule has 5 rings (SSSR count). The number of ether oxygens (including phenoxy) is 4. The Kier molecular flexibility index (Phi) is 6.13. The Morgan fingerprint density at radius 1 is 1.00 bits per heavy atom. The van der Waals surface area contributed by atoms with E-state index in [-0.39, 0.29) is 11.5 Å². The van der Waals surface area contributed by atoms with Gasteiger partial charge >= 0.3 is 0 Å². The Morgan fingerprint density at radius 2 is 1.82 bits per heavy atom. The minimum Gasteiger partial charge on any atom is -0.493 e. The number of ketones is 1. The predicted octanol–water partition coefficient (Wildman–Crippen LogP) is 5.98. The van der Waals surface area contributed by atoms with Gasteiger partial charge in [0, 0.05) is 13.1 Å². The van der Waals surface area contributed by atoms with Crippen molar-refractivity contribution in [1.82, 2.24) is 4.90 Å². The maximum atomic E-state index is 13.0. The second kappa shape index (κ2) is 9.22. The van der Waals surface area contributed by atoms with E-state index >= 15 is 0 Å². The highest BCUT2D eigenvalue weighted by atomic mass is 35.5. The zero-order valence-electron chi connectivity index (χ0n) is 18.6. The molecule has 34 heavy (non-hydrogen) atoms. The van der Waals surface area contributed by atoms with Crippen LogP contribution in [-0.4, -0.2) is 31.6 Å². The van der Waals surface area contributed by atoms with E-state index in [1.165, 1.54) is 0 Å². The highest BCUT2D eigenvalue weighted by Crippen LogP contribution is 2.42. The summed E-state index contributed by atoms with van der Waals surface area (Å²) in [7, 11) is 3.22. The molecule has 2 heterocycles. The van der Waals surface area contributed by atoms with E-state index in [0.717, 1.165) is 16.7 Å². The van der Waals surface area contributed by atoms with Crippen LogP contribution in [0.25, 0.3) is 6.08 Å². The number of allylic oxidation sites excluding steroid dienone is 1. The molecule has 0 spiro atoms. The average molecular weight is 498 g/mol. The second-order valence-electron chi connectivity index (χ2n) is 7.98. The summed E-state index contributed by atoms with van der Waals surface area (Å²) in [5.41, 5.74) is 3.14. The predicted molar refractivity (Wildman–Crippen MR) is 130 cm³/mol. The van der Waals surface area contributed by atoms with Crippen LogP contribution in [0.2, 0.25) is 10.0 Å². The van der Waals surface area contributed by atoms with Crippen LogP contribution in [0, 0.1) is 0 Å². The van der Waals surface area contributed by atoms with Crippen molar-refractivity contribution in [1.29, 1.82) is 0 Å². The number of hydrogen-bond donors (Lipinski definition) is 0. The molecule has 2 aliphatic rings. The standard InChI is InChI=1S/C26H21Cl2NO5/c1-31-22-7-4-16(11-23(22)32-2)12-29-13-18-21(33-14-29)8-5-17-25(30)24(34-26(17)18)10-15-3-6-19(27)20(28)9-15/h3-11H,12-14H2,1-2H3/b24-10-. The fraction of sp³-hybridized carbons (Fsp3) is 0.192. The van der Waals surface area contributed by atoms with Gasteiger partial charge in [0.1, 0.15) is 18.2 Å². The molecule has 0 amide bonds. The van der Waals surface area contributed by atoms with Crippen LogP contribution in [0.3, 0.4) is 0 Å². The molecule has 174 valence electrons. The van der Waals surface area contributed by atoms with Crippen molar-refractivity contribution in [3.63, 3.8) is 0 Å². The van der Waals surface area contributed by atoms with Crippen molar-refractivity contribution < 1.29 is 23.7 Å². The molecular formula is C26H21Cl2NO5. The van der Waals surface area contributed by atoms with Gasteiger partial charge in [-0.25, -0.2) is 0 Å². The second-order valence-corrected chi connectivity index (χ2v) is 8.80. The molecule has 3 aromatic carbocycles. The first-order valence-corrected chi connectivity index (χ1v) is 11.3. The van der Waals surface area contributed by atoms with Gasteiger partial charge in [-0.2, -0.15) is 0 Å². The number of rotatable bonds is 5. The molecule has 0 radical (unpaired) electrons. The summed E-state index contributed by atoms with van der Waals surface area (Å²) in [4.78, 5) is 15.1. The minimum absolute atomic E-state index is 0.180. The van der Waals surface area contributed by atoms with Gasteiger partial charge in [0.2, 0.25) is 5.78 Å². The van der Waals surface area contributed by atoms with Crippen LogP contribution in [0.4, 0.5) is 0 Å². The van der Waals surface area contributed by atoms with Gasteiger partial charge in [-0.3, -0.25) is 9.69 Å². The lowest BCUT2D eigenvalue weighted by Crippen LogP contribution is -2.31. The summed E-state index contributed by atoms with van der Waals surface area (Å²) >= 11 is 12.1. The van der Waals surface area contributed by atoms with Crippen LogP contribution in [-0.2, 0) is 13.1 Å². The average Bonchev–Trinajstić information content (AvgIpc) is 3.17. The highest BCUT2D eigenvalue weighted by Gasteiger charge is 2.33. The molecule has 0 aliphatic carbocycles. The maximum absolute atomic E-state index is 13.0. The maximum Gasteiger partial charge on any atom is 0.231 e. The lowest BCUT2D eigenvalue weighted by Gasteiger charge is -2.29. The molecule has 8 heteroatoms. The Morgan fingerprint density at radius 3 is 2.59 bits per heavy atom. The van der Waals surface area contributed by atoms with E-state index < -0.39 is 0 Å². The van der Waals surface area contributed by atoms with E-state index in [1.54, 1.807) is 44.6 Å². The number of benzene rings is 3. The number of carbonyl (C=O) groups excluding carboxylic acids is 1. The van der Waals surface area contributed by atoms with Crippen molar-refractivity contribution in [3.8, 4) is 23.0 Å². The highest BCUT2D eigenvalue weighted by molar-refractivity contribution is 6.42. The van der Waals surface area contributed by atoms with Gasteiger partial charge in [-0.15, -0.1) is 0 Å². The van der Waals surface area contributed by atoms with E-state index in [4.69, 9.17) is 42.1 Å². The van der Waals surface area contributed by atoms with Crippen LogP contribution in [0.5, 0.6) is 23.0 Å². The number of methoxy groups -OCH3 is 2. The molecule has 3 aromatic rings. The molecule has 0 bridgehead atoms. The summed E-state index contributed by atoms with van der Waals surface area (Å²) in [6, 6.07) is 14.6. The summed E-state index contributed by atoms with van der Waals surface area (Å²) in [6.45, 7) is 1.61. The van der Waals surface area contributed by atoms with Gasteiger partial charge < -0.3 is 18.9 Å². The molecule has 0 saturated carbocycles. The van der Waals surface area contributed by atoms with Crippen molar-refractivity contribution in [2.24, 2.45) is 0 Å². The Bertz CT molecular complexity index is 1320. The SMILES string of the molecule is COc1ccc(CN2COc3ccc4c(c3C2)O/C(=C\c2ccc(Cl)c(Cl)c2)C4=O)cc1OC. The third-order valence-electron chi connectivity index (χ3n) is 5.78. The van der Waals surface area contributed by atoms with Gasteiger partial charge in [0.15, 0.2) is 17.3 Å². The molecule has 0 unspecified atom stereocenters. The number of hydrogen-bond acceptors (Lipinski definition) is 6. The molecule has 6 nitrogen and oxygen atoms in total. The Balaban J connectivity index is 1.39. The summed E-state index contributed by atoms with van der Waals surface area (Å²) < 4.78 is 22.8. The van der Waals surface area contributed by atoms with Crippen molar-refractivity contribution in [2.45, 2.75) is 13.1 Å². The number of Topliss-reactive ketones (excluding diaryl/α,β-unsaturated/α-hetero) is 1. The van der Waals surface area contributed by atoms with Gasteiger partial charge in [0.05, 0.1) is 35.4 Å². The van der Waals surface area contributed by atoms with Crippen molar-refractivity contribution in [2.75, 3.05) is 21.0 Å². The molecular weight excluding hydrogens is 477 g/mol. The first kappa shape index (κ1) is 22.6. The summed E-state index contributed by atoms with van der Waals surface area (Å²) in [5, 5.41) is 0.863. The van der Waals surface area contributed by atoms with Gasteiger partial charge in [-0.05, 0) is 53.6 Å². The van der Waals surface area contributed by atoms with Crippen LogP contribution < -0.4 is 18.9 Å². The molecule has 0 fully saturated rings. The Labute approximate surface area is 207 Å². The fourth-order valence-corrected chi connectivity index (χ4v) is 4.40. The Hall–Kier alpha value is -3.19. The monoisotopic (exact) mass is 497 g/mol. The lowest BCUT2D eigenvalue weighted by atomic mass is 10.0. The number of carbonyl (C=O) groups is 1. The third kappa shape index (κ3) is 4.20. The quantitative estimate of drug-likeness (QED) is 0.404. The zero-order valence-corrected chi connectivity index (χ0v) is 20.1. The summed E-state index contributed by atoms with van der Waals surface area (Å²) in [6.07, 6.45) is 1.67. The first-order chi connectivity index (χ1) is 16.5. The zero-order chi connectivity index (χ0) is 23.8. The van der Waals surface area contributed by atoms with Gasteiger partial charge in [-0.1, -0.05) is 35.3 Å². The number of fused-ring (bicyclic) bond motifs is 3. The number of nitrogens with zero attached hydrogens (tertiary/aromatic N) is 1. The van der Waals surface area contributed by atoms with E-state index in [9.17, 15) is 4.79 Å². The molecule has 0 saturated heterocycles. The van der Waals surface area contributed by atoms with Crippen LogP contribution >= 0.6 is 23.2 Å². The first-order valence-electron chi connectivity index (χ1n) is 10.6. The normalized spacial score (nSPS) is 16.0. The van der Waals surface area contributed by atoms with Crippen LogP contribution in [0.15, 0.2) is 54.3 Å². The minimum atomic E-state index is -0.180. The molecule has 0 N–H and O–H groups in total. The van der Waals surface area contributed by atoms with E-state index in [2.05, 4.69) is 4.90 Å². The third-order valence-corrected chi connectivity index (χ3v) is 6.52. The van der Waals surface area contributed by atoms with E-state index in [0.29, 0.717) is 58.4 Å².